The first-order chi connectivity index (χ1) is 19.3. The molecule has 4 heteroatoms. The van der Waals surface area contributed by atoms with Crippen molar-refractivity contribution < 1.29 is 8.83 Å². The summed E-state index contributed by atoms with van der Waals surface area (Å²) in [6.07, 6.45) is 10.7. The number of fused-ring (bicyclic) bond motifs is 8. The van der Waals surface area contributed by atoms with Crippen LogP contribution in [0.25, 0.3) is 49.7 Å². The van der Waals surface area contributed by atoms with E-state index in [0.717, 1.165) is 64.5 Å². The summed E-state index contributed by atoms with van der Waals surface area (Å²) in [7, 11) is 0. The Hall–Kier alpha value is -4.57. The summed E-state index contributed by atoms with van der Waals surface area (Å²) < 4.78 is 14.8. The first-order valence-electron chi connectivity index (χ1n) is 14.0. The number of pyridine rings is 1. The lowest BCUT2D eigenvalue weighted by Gasteiger charge is -2.16. The molecule has 0 unspecified atom stereocenters. The molecular weight excluding hydrogens is 480 g/mol. The van der Waals surface area contributed by atoms with Gasteiger partial charge in [-0.1, -0.05) is 36.4 Å². The zero-order chi connectivity index (χ0) is 25.5. The van der Waals surface area contributed by atoms with Gasteiger partial charge in [-0.25, -0.2) is 4.98 Å². The molecule has 2 aliphatic rings. The van der Waals surface area contributed by atoms with Gasteiger partial charge in [0.1, 0.15) is 28.2 Å². The summed E-state index contributed by atoms with van der Waals surface area (Å²) in [6, 6.07) is 26.0. The van der Waals surface area contributed by atoms with E-state index < -0.39 is 0 Å². The highest BCUT2D eigenvalue weighted by Gasteiger charge is 2.21. The quantitative estimate of drug-likeness (QED) is 0.252. The summed E-state index contributed by atoms with van der Waals surface area (Å²) in [4.78, 5) is 4.95. The Morgan fingerprint density at radius 1 is 0.641 bits per heavy atom. The van der Waals surface area contributed by atoms with Crippen LogP contribution in [0.4, 0.5) is 0 Å². The minimum absolute atomic E-state index is 0.928. The number of hydrogen-bond acceptors (Lipinski definition) is 3. The Morgan fingerprint density at radius 3 is 2.33 bits per heavy atom. The average molecular weight is 507 g/mol. The van der Waals surface area contributed by atoms with Gasteiger partial charge in [0.25, 0.3) is 0 Å². The van der Waals surface area contributed by atoms with Gasteiger partial charge in [0.15, 0.2) is 0 Å². The molecule has 0 N–H and O–H groups in total. The molecule has 0 radical (unpaired) electrons. The van der Waals surface area contributed by atoms with Crippen LogP contribution in [0.1, 0.15) is 48.3 Å². The SMILES string of the molecule is c1ccc2c(c1)=C(c1ccc3oc4cc5c6c(oc5cc4c3c1)CCCC6)CCC=2c1cn2ccccc2n1. The van der Waals surface area contributed by atoms with Gasteiger partial charge in [-0.05, 0) is 95.6 Å². The van der Waals surface area contributed by atoms with Crippen molar-refractivity contribution in [2.75, 3.05) is 0 Å². The van der Waals surface area contributed by atoms with Crippen LogP contribution >= 0.6 is 0 Å². The summed E-state index contributed by atoms with van der Waals surface area (Å²) in [5, 5.41) is 6.08. The Kier molecular flexibility index (Phi) is 4.37. The zero-order valence-electron chi connectivity index (χ0n) is 21.5. The predicted octanol–water partition coefficient (Wildman–Crippen LogP) is 7.05. The number of aromatic nitrogens is 2. The second kappa shape index (κ2) is 7.97. The van der Waals surface area contributed by atoms with E-state index >= 15 is 0 Å². The van der Waals surface area contributed by atoms with Gasteiger partial charge < -0.3 is 13.2 Å². The molecule has 0 fully saturated rings. The van der Waals surface area contributed by atoms with Gasteiger partial charge in [-0.15, -0.1) is 0 Å². The molecule has 9 rings (SSSR count). The fourth-order valence-electron chi connectivity index (χ4n) is 6.89. The van der Waals surface area contributed by atoms with Crippen molar-refractivity contribution in [3.63, 3.8) is 0 Å². The van der Waals surface area contributed by atoms with Gasteiger partial charge >= 0.3 is 0 Å². The molecule has 2 aliphatic carbocycles. The third-order valence-corrected chi connectivity index (χ3v) is 8.77. The molecule has 188 valence electrons. The van der Waals surface area contributed by atoms with E-state index in [1.807, 2.05) is 12.1 Å². The fraction of sp³-hybridized carbons (Fsp3) is 0.171. The van der Waals surface area contributed by atoms with E-state index in [1.165, 1.54) is 56.7 Å². The van der Waals surface area contributed by atoms with Crippen molar-refractivity contribution in [1.29, 1.82) is 0 Å². The lowest BCUT2D eigenvalue weighted by Crippen LogP contribution is -2.32. The summed E-state index contributed by atoms with van der Waals surface area (Å²) >= 11 is 0. The van der Waals surface area contributed by atoms with Crippen molar-refractivity contribution in [1.82, 2.24) is 9.38 Å². The molecule has 4 nitrogen and oxygen atoms in total. The van der Waals surface area contributed by atoms with Crippen LogP contribution < -0.4 is 10.4 Å². The van der Waals surface area contributed by atoms with Crippen LogP contribution in [0.5, 0.6) is 0 Å². The molecule has 0 saturated carbocycles. The van der Waals surface area contributed by atoms with Crippen LogP contribution in [0.15, 0.2) is 94.0 Å². The molecule has 0 amide bonds. The van der Waals surface area contributed by atoms with Crippen molar-refractivity contribution in [3.8, 4) is 0 Å². The summed E-state index contributed by atoms with van der Waals surface area (Å²) in [5.41, 5.74) is 10.2. The highest BCUT2D eigenvalue weighted by atomic mass is 16.3. The third-order valence-electron chi connectivity index (χ3n) is 8.77. The van der Waals surface area contributed by atoms with Gasteiger partial charge in [-0.2, -0.15) is 0 Å². The normalized spacial score (nSPS) is 15.5. The maximum Gasteiger partial charge on any atom is 0.137 e. The monoisotopic (exact) mass is 506 g/mol. The van der Waals surface area contributed by atoms with E-state index in [4.69, 9.17) is 13.8 Å². The fourth-order valence-corrected chi connectivity index (χ4v) is 6.89. The number of nitrogens with zero attached hydrogens (tertiary/aromatic N) is 2. The lowest BCUT2D eigenvalue weighted by molar-refractivity contribution is 0.506. The minimum Gasteiger partial charge on any atom is -0.461 e. The summed E-state index contributed by atoms with van der Waals surface area (Å²) in [6.45, 7) is 0. The highest BCUT2D eigenvalue weighted by molar-refractivity contribution is 6.10. The predicted molar refractivity (Wildman–Crippen MR) is 155 cm³/mol. The van der Waals surface area contributed by atoms with Crippen molar-refractivity contribution in [2.45, 2.75) is 38.5 Å². The first-order valence-corrected chi connectivity index (χ1v) is 14.0. The van der Waals surface area contributed by atoms with Crippen molar-refractivity contribution >= 4 is 49.7 Å². The molecule has 3 aromatic carbocycles. The van der Waals surface area contributed by atoms with E-state index in [1.54, 1.807) is 0 Å². The van der Waals surface area contributed by atoms with Crippen molar-refractivity contribution in [3.05, 3.63) is 118 Å². The van der Waals surface area contributed by atoms with Crippen molar-refractivity contribution in [2.24, 2.45) is 0 Å². The Bertz CT molecular complexity index is 2210. The number of imidazole rings is 1. The molecule has 0 atom stereocenters. The first kappa shape index (κ1) is 21.4. The maximum absolute atomic E-state index is 6.37. The molecule has 4 heterocycles. The van der Waals surface area contributed by atoms with Crippen LogP contribution in [-0.2, 0) is 12.8 Å². The van der Waals surface area contributed by atoms with Crippen LogP contribution in [-0.4, -0.2) is 9.38 Å². The van der Waals surface area contributed by atoms with Gasteiger partial charge in [-0.3, -0.25) is 0 Å². The Labute approximate surface area is 224 Å². The van der Waals surface area contributed by atoms with E-state index in [-0.39, 0.29) is 0 Å². The number of rotatable bonds is 2. The van der Waals surface area contributed by atoms with Gasteiger partial charge in [0.2, 0.25) is 0 Å². The number of benzene rings is 3. The summed E-state index contributed by atoms with van der Waals surface area (Å²) in [5.74, 6) is 1.17. The average Bonchev–Trinajstić information content (AvgIpc) is 3.68. The van der Waals surface area contributed by atoms with Gasteiger partial charge in [0, 0.05) is 40.5 Å². The minimum atomic E-state index is 0.928. The molecule has 0 aliphatic heterocycles. The van der Waals surface area contributed by atoms with Crippen LogP contribution in [0.2, 0.25) is 0 Å². The van der Waals surface area contributed by atoms with E-state index in [9.17, 15) is 0 Å². The van der Waals surface area contributed by atoms with E-state index in [0.29, 0.717) is 0 Å². The smallest absolute Gasteiger partial charge is 0.137 e. The largest absolute Gasteiger partial charge is 0.461 e. The standard InChI is InChI=1S/C35H26N2O2/c1-2-8-24-23(7-1)22(13-14-25(24)30-20-37-16-6-5-11-35(37)36-30)21-12-15-32-27(17-21)29-19-33-28(18-34(29)39-32)26-9-3-4-10-31(26)38-33/h1-2,5-8,11-12,15-20H,3-4,9-10,13-14H2. The lowest BCUT2D eigenvalue weighted by atomic mass is 9.88. The Balaban J connectivity index is 1.25. The van der Waals surface area contributed by atoms with E-state index in [2.05, 4.69) is 77.5 Å². The molecule has 0 bridgehead atoms. The van der Waals surface area contributed by atoms with Crippen LogP contribution in [0.3, 0.4) is 0 Å². The number of aryl methyl sites for hydroxylation is 2. The van der Waals surface area contributed by atoms with Crippen LogP contribution in [0, 0.1) is 0 Å². The molecule has 39 heavy (non-hydrogen) atoms. The number of hydrogen-bond donors (Lipinski definition) is 0. The maximum atomic E-state index is 6.37. The zero-order valence-corrected chi connectivity index (χ0v) is 21.5. The molecule has 0 spiro atoms. The molecule has 7 aromatic rings. The molecule has 4 aromatic heterocycles. The molecule has 0 saturated heterocycles. The second-order valence-corrected chi connectivity index (χ2v) is 11.0. The highest BCUT2D eigenvalue weighted by Crippen LogP contribution is 2.39. The second-order valence-electron chi connectivity index (χ2n) is 11.0. The topological polar surface area (TPSA) is 43.6 Å². The third kappa shape index (κ3) is 3.15. The number of furan rings is 2. The Morgan fingerprint density at radius 2 is 1.41 bits per heavy atom. The van der Waals surface area contributed by atoms with Gasteiger partial charge in [0.05, 0.1) is 5.69 Å². The molecular formula is C35H26N2O2.